The van der Waals surface area contributed by atoms with Crippen LogP contribution in [0.15, 0.2) is 48.5 Å². The van der Waals surface area contributed by atoms with Gasteiger partial charge >= 0.3 is 0 Å². The number of carbonyl (C=O) groups excluding carboxylic acids is 4. The minimum Gasteiger partial charge on any atom is -0.355 e. The molecular weight excluding hydrogens is 406 g/mol. The van der Waals surface area contributed by atoms with Crippen LogP contribution in [0.1, 0.15) is 58.5 Å². The Morgan fingerprint density at radius 1 is 1.00 bits per heavy atom. The molecule has 0 saturated carbocycles. The van der Waals surface area contributed by atoms with Gasteiger partial charge in [-0.1, -0.05) is 36.4 Å². The lowest BCUT2D eigenvalue weighted by molar-refractivity contribution is -0.140. The average molecular weight is 436 g/mol. The van der Waals surface area contributed by atoms with Gasteiger partial charge in [0.15, 0.2) is 0 Å². The van der Waals surface area contributed by atoms with Crippen LogP contribution in [0.4, 0.5) is 0 Å². The van der Waals surface area contributed by atoms with E-state index >= 15 is 0 Å². The molecule has 0 fully saturated rings. The fourth-order valence-electron chi connectivity index (χ4n) is 3.85. The predicted octanol–water partition coefficient (Wildman–Crippen LogP) is 2.92. The Hall–Kier alpha value is -3.48. The molecule has 168 valence electrons. The first-order chi connectivity index (χ1) is 15.3. The van der Waals surface area contributed by atoms with Crippen LogP contribution in [0.3, 0.4) is 0 Å². The monoisotopic (exact) mass is 435 g/mol. The summed E-state index contributed by atoms with van der Waals surface area (Å²) >= 11 is 0. The van der Waals surface area contributed by atoms with Crippen molar-refractivity contribution in [3.05, 3.63) is 70.8 Å². The third kappa shape index (κ3) is 4.88. The minimum absolute atomic E-state index is 0.128. The molecule has 0 bridgehead atoms. The highest BCUT2D eigenvalue weighted by molar-refractivity contribution is 6.21. The molecule has 0 aliphatic carbocycles. The van der Waals surface area contributed by atoms with Gasteiger partial charge in [-0.2, -0.15) is 0 Å². The number of hydrogen-bond donors (Lipinski definition) is 1. The van der Waals surface area contributed by atoms with Gasteiger partial charge in [0.1, 0.15) is 6.04 Å². The van der Waals surface area contributed by atoms with E-state index in [2.05, 4.69) is 5.32 Å². The lowest BCUT2D eigenvalue weighted by atomic mass is 10.1. The van der Waals surface area contributed by atoms with Gasteiger partial charge in [-0.05, 0) is 50.5 Å². The second-order valence-electron chi connectivity index (χ2n) is 7.93. The van der Waals surface area contributed by atoms with E-state index < -0.39 is 6.04 Å². The molecule has 0 spiro atoms. The molecule has 1 aliphatic rings. The van der Waals surface area contributed by atoms with Crippen LogP contribution in [-0.4, -0.2) is 52.6 Å². The molecule has 2 aromatic carbocycles. The van der Waals surface area contributed by atoms with E-state index in [-0.39, 0.29) is 36.6 Å². The zero-order chi connectivity index (χ0) is 23.3. The molecule has 7 nitrogen and oxygen atoms in total. The number of aryl methyl sites for hydroxylation is 1. The summed E-state index contributed by atoms with van der Waals surface area (Å²) in [4.78, 5) is 53.4. The summed E-state index contributed by atoms with van der Waals surface area (Å²) in [5.74, 6) is -1.06. The van der Waals surface area contributed by atoms with Gasteiger partial charge in [-0.3, -0.25) is 24.1 Å². The van der Waals surface area contributed by atoms with Gasteiger partial charge < -0.3 is 10.2 Å². The number of hydrogen-bond acceptors (Lipinski definition) is 4. The van der Waals surface area contributed by atoms with Crippen LogP contribution in [0.2, 0.25) is 0 Å². The maximum atomic E-state index is 13.1. The molecule has 3 rings (SSSR count). The van der Waals surface area contributed by atoms with Crippen LogP contribution < -0.4 is 5.32 Å². The summed E-state index contributed by atoms with van der Waals surface area (Å²) in [6.07, 6.45) is 0.458. The number of rotatable bonds is 9. The van der Waals surface area contributed by atoms with Crippen LogP contribution in [0.25, 0.3) is 0 Å². The van der Waals surface area contributed by atoms with E-state index in [0.717, 1.165) is 11.1 Å². The third-order valence-electron chi connectivity index (χ3n) is 5.77. The van der Waals surface area contributed by atoms with Crippen molar-refractivity contribution in [3.63, 3.8) is 0 Å². The number of nitrogens with one attached hydrogen (secondary N) is 1. The maximum Gasteiger partial charge on any atom is 0.261 e. The molecule has 0 unspecified atom stereocenters. The molecule has 1 atom stereocenters. The number of benzene rings is 2. The Kier molecular flexibility index (Phi) is 7.41. The summed E-state index contributed by atoms with van der Waals surface area (Å²) in [7, 11) is 0. The van der Waals surface area contributed by atoms with Gasteiger partial charge in [-0.15, -0.1) is 0 Å². The normalized spacial score (nSPS) is 13.7. The van der Waals surface area contributed by atoms with E-state index in [1.807, 2.05) is 38.1 Å². The van der Waals surface area contributed by atoms with Crippen molar-refractivity contribution in [2.24, 2.45) is 0 Å². The summed E-state index contributed by atoms with van der Waals surface area (Å²) in [5, 5.41) is 2.77. The van der Waals surface area contributed by atoms with Crippen molar-refractivity contribution in [2.45, 2.75) is 46.2 Å². The SMILES string of the molecule is CCNC(=O)[C@@H](C)N(Cc1ccccc1C)C(=O)CCCN1C(=O)c2ccccc2C1=O. The molecule has 0 aromatic heterocycles. The van der Waals surface area contributed by atoms with Gasteiger partial charge in [-0.25, -0.2) is 0 Å². The fraction of sp³-hybridized carbons (Fsp3) is 0.360. The van der Waals surface area contributed by atoms with Gasteiger partial charge in [0.25, 0.3) is 11.8 Å². The standard InChI is InChI=1S/C25H29N3O4/c1-4-26-23(30)18(3)28(16-19-11-6-5-10-17(19)2)22(29)14-9-15-27-24(31)20-12-7-8-13-21(20)25(27)32/h5-8,10-13,18H,4,9,14-16H2,1-3H3,(H,26,30)/t18-/m1/s1. The maximum absolute atomic E-state index is 13.1. The van der Waals surface area contributed by atoms with Crippen molar-refractivity contribution in [2.75, 3.05) is 13.1 Å². The fourth-order valence-corrected chi connectivity index (χ4v) is 3.85. The van der Waals surface area contributed by atoms with E-state index in [1.165, 1.54) is 4.90 Å². The Morgan fingerprint density at radius 2 is 1.59 bits per heavy atom. The summed E-state index contributed by atoms with van der Waals surface area (Å²) in [6.45, 7) is 6.47. The quantitative estimate of drug-likeness (QED) is 0.614. The first-order valence-corrected chi connectivity index (χ1v) is 10.9. The van der Waals surface area contributed by atoms with Crippen molar-refractivity contribution < 1.29 is 19.2 Å². The zero-order valence-corrected chi connectivity index (χ0v) is 18.8. The molecule has 0 saturated heterocycles. The second-order valence-corrected chi connectivity index (χ2v) is 7.93. The van der Waals surface area contributed by atoms with Crippen molar-refractivity contribution in [1.29, 1.82) is 0 Å². The Labute approximate surface area is 188 Å². The number of amides is 4. The van der Waals surface area contributed by atoms with Crippen molar-refractivity contribution >= 4 is 23.6 Å². The smallest absolute Gasteiger partial charge is 0.261 e. The topological polar surface area (TPSA) is 86.8 Å². The molecule has 0 radical (unpaired) electrons. The molecule has 7 heteroatoms. The number of fused-ring (bicyclic) bond motifs is 1. The molecule has 32 heavy (non-hydrogen) atoms. The van der Waals surface area contributed by atoms with E-state index in [9.17, 15) is 19.2 Å². The summed E-state index contributed by atoms with van der Waals surface area (Å²) in [6, 6.07) is 13.8. The number of carbonyl (C=O) groups is 4. The number of likely N-dealkylation sites (N-methyl/N-ethyl adjacent to an activating group) is 1. The average Bonchev–Trinajstić information content (AvgIpc) is 3.03. The van der Waals surface area contributed by atoms with E-state index in [0.29, 0.717) is 30.6 Å². The van der Waals surface area contributed by atoms with Crippen LogP contribution >= 0.6 is 0 Å². The van der Waals surface area contributed by atoms with Crippen molar-refractivity contribution in [3.8, 4) is 0 Å². The molecular formula is C25H29N3O4. The summed E-state index contributed by atoms with van der Waals surface area (Å²) < 4.78 is 0. The second kappa shape index (κ2) is 10.2. The molecule has 2 aromatic rings. The van der Waals surface area contributed by atoms with Crippen LogP contribution in [-0.2, 0) is 16.1 Å². The van der Waals surface area contributed by atoms with E-state index in [4.69, 9.17) is 0 Å². The van der Waals surface area contributed by atoms with Crippen LogP contribution in [0.5, 0.6) is 0 Å². The molecule has 1 heterocycles. The molecule has 4 amide bonds. The largest absolute Gasteiger partial charge is 0.355 e. The first kappa shape index (κ1) is 23.2. The zero-order valence-electron chi connectivity index (χ0n) is 18.8. The first-order valence-electron chi connectivity index (χ1n) is 10.9. The highest BCUT2D eigenvalue weighted by Crippen LogP contribution is 2.23. The third-order valence-corrected chi connectivity index (χ3v) is 5.77. The van der Waals surface area contributed by atoms with Gasteiger partial charge in [0.2, 0.25) is 11.8 Å². The lowest BCUT2D eigenvalue weighted by Crippen LogP contribution is -2.47. The van der Waals surface area contributed by atoms with Crippen molar-refractivity contribution in [1.82, 2.24) is 15.1 Å². The molecule has 1 N–H and O–H groups in total. The Bertz CT molecular complexity index is 998. The molecule has 1 aliphatic heterocycles. The van der Waals surface area contributed by atoms with E-state index in [1.54, 1.807) is 36.1 Å². The van der Waals surface area contributed by atoms with Gasteiger partial charge in [0.05, 0.1) is 11.1 Å². The highest BCUT2D eigenvalue weighted by Gasteiger charge is 2.35. The lowest BCUT2D eigenvalue weighted by Gasteiger charge is -2.29. The highest BCUT2D eigenvalue weighted by atomic mass is 16.2. The minimum atomic E-state index is -0.638. The van der Waals surface area contributed by atoms with Crippen LogP contribution in [0, 0.1) is 6.92 Å². The Balaban J connectivity index is 1.67. The Morgan fingerprint density at radius 3 is 2.19 bits per heavy atom. The summed E-state index contributed by atoms with van der Waals surface area (Å²) in [5.41, 5.74) is 2.81. The number of imide groups is 1. The van der Waals surface area contributed by atoms with Gasteiger partial charge in [0, 0.05) is 26.1 Å². The number of nitrogens with zero attached hydrogens (tertiary/aromatic N) is 2. The predicted molar refractivity (Wildman–Crippen MR) is 121 cm³/mol.